The maximum absolute atomic E-state index is 4.24. The van der Waals surface area contributed by atoms with Gasteiger partial charge in [-0.2, -0.15) is 0 Å². The minimum atomic E-state index is 0.887. The lowest BCUT2D eigenvalue weighted by molar-refractivity contribution is 1.02. The molecule has 3 heteroatoms. The maximum Gasteiger partial charge on any atom is 0.127 e. The molecule has 0 atom stereocenters. The number of rotatable bonds is 4. The normalized spacial score (nSPS) is 10.2. The summed E-state index contributed by atoms with van der Waals surface area (Å²) in [6.07, 6.45) is 1.83. The van der Waals surface area contributed by atoms with E-state index in [0.29, 0.717) is 0 Å². The van der Waals surface area contributed by atoms with Gasteiger partial charge in [-0.25, -0.2) is 4.98 Å². The van der Waals surface area contributed by atoms with Gasteiger partial charge in [-0.3, -0.25) is 0 Å². The van der Waals surface area contributed by atoms with E-state index in [1.54, 1.807) is 0 Å². The summed E-state index contributed by atoms with van der Waals surface area (Å²) in [5.41, 5.74) is 3.64. The summed E-state index contributed by atoms with van der Waals surface area (Å²) in [5.74, 6) is 0.887. The minimum absolute atomic E-state index is 0.887. The molecule has 94 valence electrons. The number of nitrogens with zero attached hydrogens (tertiary/aromatic N) is 2. The van der Waals surface area contributed by atoms with Gasteiger partial charge in [0, 0.05) is 37.2 Å². The Morgan fingerprint density at radius 1 is 1.11 bits per heavy atom. The molecule has 0 saturated carbocycles. The number of benzene rings is 1. The van der Waals surface area contributed by atoms with Crippen LogP contribution in [0.3, 0.4) is 0 Å². The first kappa shape index (κ1) is 12.4. The van der Waals surface area contributed by atoms with E-state index in [4.69, 9.17) is 0 Å². The number of hydrogen-bond donors (Lipinski definition) is 1. The van der Waals surface area contributed by atoms with Crippen LogP contribution in [0.15, 0.2) is 42.6 Å². The molecule has 0 fully saturated rings. The molecule has 1 aromatic heterocycles. The predicted octanol–water partition coefficient (Wildman–Crippen LogP) is 3.59. The molecule has 1 N–H and O–H groups in total. The highest BCUT2D eigenvalue weighted by molar-refractivity contribution is 5.65. The molecule has 0 saturated heterocycles. The van der Waals surface area contributed by atoms with Crippen LogP contribution in [-0.4, -0.2) is 18.6 Å². The van der Waals surface area contributed by atoms with Crippen LogP contribution in [0.4, 0.5) is 17.2 Å². The van der Waals surface area contributed by atoms with Crippen LogP contribution in [0.25, 0.3) is 0 Å². The molecule has 0 bridgehead atoms. The van der Waals surface area contributed by atoms with Crippen molar-refractivity contribution >= 4 is 17.2 Å². The molecule has 3 nitrogen and oxygen atoms in total. The SMILES string of the molecule is CCN(c1ccc(C)cc1)c1ccnc(NC)c1. The second kappa shape index (κ2) is 5.54. The van der Waals surface area contributed by atoms with E-state index >= 15 is 0 Å². The number of aryl methyl sites for hydroxylation is 1. The Labute approximate surface area is 108 Å². The van der Waals surface area contributed by atoms with Crippen molar-refractivity contribution in [2.24, 2.45) is 0 Å². The lowest BCUT2D eigenvalue weighted by Crippen LogP contribution is -2.16. The Balaban J connectivity index is 2.35. The summed E-state index contributed by atoms with van der Waals surface area (Å²) < 4.78 is 0. The zero-order valence-corrected chi connectivity index (χ0v) is 11.1. The maximum atomic E-state index is 4.24. The van der Waals surface area contributed by atoms with E-state index in [0.717, 1.165) is 18.1 Å². The molecule has 0 unspecified atom stereocenters. The zero-order valence-electron chi connectivity index (χ0n) is 11.1. The smallest absolute Gasteiger partial charge is 0.127 e. The van der Waals surface area contributed by atoms with E-state index in [1.165, 1.54) is 11.3 Å². The number of hydrogen-bond acceptors (Lipinski definition) is 3. The Kier molecular flexibility index (Phi) is 3.82. The van der Waals surface area contributed by atoms with Crippen molar-refractivity contribution in [2.45, 2.75) is 13.8 Å². The Hall–Kier alpha value is -2.03. The van der Waals surface area contributed by atoms with Crippen molar-refractivity contribution in [2.75, 3.05) is 23.8 Å². The Morgan fingerprint density at radius 3 is 2.44 bits per heavy atom. The average Bonchev–Trinajstić information content (AvgIpc) is 2.42. The standard InChI is InChI=1S/C15H19N3/c1-4-18(13-7-5-12(2)6-8-13)14-9-10-17-15(11-14)16-3/h5-11H,4H2,1-3H3,(H,16,17). The third kappa shape index (κ3) is 2.62. The summed E-state index contributed by atoms with van der Waals surface area (Å²) in [5, 5.41) is 3.07. The van der Waals surface area contributed by atoms with Gasteiger partial charge in [0.05, 0.1) is 0 Å². The summed E-state index contributed by atoms with van der Waals surface area (Å²) in [6.45, 7) is 5.18. The molecular weight excluding hydrogens is 222 g/mol. The lowest BCUT2D eigenvalue weighted by atomic mass is 10.2. The van der Waals surface area contributed by atoms with E-state index in [9.17, 15) is 0 Å². The van der Waals surface area contributed by atoms with Crippen LogP contribution in [0.2, 0.25) is 0 Å². The van der Waals surface area contributed by atoms with Crippen molar-refractivity contribution < 1.29 is 0 Å². The zero-order chi connectivity index (χ0) is 13.0. The van der Waals surface area contributed by atoms with Gasteiger partial charge >= 0.3 is 0 Å². The van der Waals surface area contributed by atoms with E-state index in [1.807, 2.05) is 19.3 Å². The van der Waals surface area contributed by atoms with Crippen molar-refractivity contribution in [1.29, 1.82) is 0 Å². The van der Waals surface area contributed by atoms with Crippen LogP contribution in [0.5, 0.6) is 0 Å². The van der Waals surface area contributed by atoms with Crippen LogP contribution in [0.1, 0.15) is 12.5 Å². The molecule has 0 aliphatic rings. The first-order valence-electron chi connectivity index (χ1n) is 6.22. The van der Waals surface area contributed by atoms with Crippen molar-refractivity contribution in [3.05, 3.63) is 48.2 Å². The molecule has 0 radical (unpaired) electrons. The topological polar surface area (TPSA) is 28.2 Å². The summed E-state index contributed by atoms with van der Waals surface area (Å²) >= 11 is 0. The highest BCUT2D eigenvalue weighted by Gasteiger charge is 2.07. The van der Waals surface area contributed by atoms with Crippen LogP contribution in [-0.2, 0) is 0 Å². The molecule has 0 aliphatic carbocycles. The first-order valence-corrected chi connectivity index (χ1v) is 6.22. The summed E-state index contributed by atoms with van der Waals surface area (Å²) in [7, 11) is 1.88. The summed E-state index contributed by atoms with van der Waals surface area (Å²) in [6, 6.07) is 12.7. The first-order chi connectivity index (χ1) is 8.74. The molecule has 0 aliphatic heterocycles. The van der Waals surface area contributed by atoms with Crippen molar-refractivity contribution in [1.82, 2.24) is 4.98 Å². The third-order valence-corrected chi connectivity index (χ3v) is 2.97. The molecule has 0 spiro atoms. The van der Waals surface area contributed by atoms with Gasteiger partial charge in [-0.05, 0) is 32.0 Å². The van der Waals surface area contributed by atoms with Gasteiger partial charge in [0.2, 0.25) is 0 Å². The fourth-order valence-electron chi connectivity index (χ4n) is 1.96. The lowest BCUT2D eigenvalue weighted by Gasteiger charge is -2.23. The second-order valence-electron chi connectivity index (χ2n) is 4.23. The van der Waals surface area contributed by atoms with E-state index in [2.05, 4.69) is 59.4 Å². The molecular formula is C15H19N3. The number of aromatic nitrogens is 1. The van der Waals surface area contributed by atoms with Crippen molar-refractivity contribution in [3.63, 3.8) is 0 Å². The number of nitrogens with one attached hydrogen (secondary N) is 1. The van der Waals surface area contributed by atoms with Crippen LogP contribution in [0, 0.1) is 6.92 Å². The predicted molar refractivity (Wildman–Crippen MR) is 77.6 cm³/mol. The summed E-state index contributed by atoms with van der Waals surface area (Å²) in [4.78, 5) is 6.51. The van der Waals surface area contributed by atoms with E-state index in [-0.39, 0.29) is 0 Å². The molecule has 2 aromatic rings. The van der Waals surface area contributed by atoms with E-state index < -0.39 is 0 Å². The highest BCUT2D eigenvalue weighted by Crippen LogP contribution is 2.26. The average molecular weight is 241 g/mol. The quantitative estimate of drug-likeness (QED) is 0.886. The van der Waals surface area contributed by atoms with Gasteiger partial charge in [0.25, 0.3) is 0 Å². The third-order valence-electron chi connectivity index (χ3n) is 2.97. The molecule has 0 amide bonds. The van der Waals surface area contributed by atoms with Gasteiger partial charge in [-0.1, -0.05) is 17.7 Å². The van der Waals surface area contributed by atoms with Gasteiger partial charge in [0.1, 0.15) is 5.82 Å². The fourth-order valence-corrected chi connectivity index (χ4v) is 1.96. The number of anilines is 3. The molecule has 18 heavy (non-hydrogen) atoms. The van der Waals surface area contributed by atoms with Crippen LogP contribution < -0.4 is 10.2 Å². The fraction of sp³-hybridized carbons (Fsp3) is 0.267. The van der Waals surface area contributed by atoms with Crippen molar-refractivity contribution in [3.8, 4) is 0 Å². The second-order valence-corrected chi connectivity index (χ2v) is 4.23. The Bertz CT molecular complexity index is 505. The monoisotopic (exact) mass is 241 g/mol. The largest absolute Gasteiger partial charge is 0.373 e. The molecule has 1 heterocycles. The molecule has 2 rings (SSSR count). The van der Waals surface area contributed by atoms with Gasteiger partial charge in [-0.15, -0.1) is 0 Å². The minimum Gasteiger partial charge on any atom is -0.373 e. The van der Waals surface area contributed by atoms with Crippen LogP contribution >= 0.6 is 0 Å². The number of pyridine rings is 1. The Morgan fingerprint density at radius 2 is 1.83 bits per heavy atom. The highest BCUT2D eigenvalue weighted by atomic mass is 15.1. The molecule has 1 aromatic carbocycles. The van der Waals surface area contributed by atoms with Gasteiger partial charge < -0.3 is 10.2 Å². The van der Waals surface area contributed by atoms with Gasteiger partial charge in [0.15, 0.2) is 0 Å².